The summed E-state index contributed by atoms with van der Waals surface area (Å²) in [5.74, 6) is -0.512. The number of hydrazine groups is 1. The van der Waals surface area contributed by atoms with E-state index in [0.29, 0.717) is 25.9 Å². The zero-order chi connectivity index (χ0) is 25.9. The Hall–Kier alpha value is -3.97. The van der Waals surface area contributed by atoms with Gasteiger partial charge in [-0.1, -0.05) is 91.0 Å². The number of benzene rings is 3. The van der Waals surface area contributed by atoms with Gasteiger partial charge in [-0.25, -0.2) is 0 Å². The molecular formula is C30H34N4O3. The Labute approximate surface area is 218 Å². The van der Waals surface area contributed by atoms with Crippen molar-refractivity contribution in [3.8, 4) is 0 Å². The summed E-state index contributed by atoms with van der Waals surface area (Å²) in [6, 6.07) is 30.4. The van der Waals surface area contributed by atoms with Gasteiger partial charge in [0.05, 0.1) is 12.5 Å². The largest absolute Gasteiger partial charge is 0.340 e. The van der Waals surface area contributed by atoms with Gasteiger partial charge >= 0.3 is 0 Å². The van der Waals surface area contributed by atoms with Gasteiger partial charge in [0.2, 0.25) is 17.7 Å². The van der Waals surface area contributed by atoms with Crippen molar-refractivity contribution in [2.45, 2.75) is 31.7 Å². The topological polar surface area (TPSA) is 81.8 Å². The molecule has 0 atom stereocenters. The highest BCUT2D eigenvalue weighted by molar-refractivity contribution is 5.83. The van der Waals surface area contributed by atoms with Crippen molar-refractivity contribution in [3.63, 3.8) is 0 Å². The van der Waals surface area contributed by atoms with E-state index in [1.165, 1.54) is 11.1 Å². The minimum absolute atomic E-state index is 0.0662. The molecule has 7 nitrogen and oxygen atoms in total. The summed E-state index contributed by atoms with van der Waals surface area (Å²) in [5.41, 5.74) is 8.24. The number of rotatable bonds is 9. The van der Waals surface area contributed by atoms with Gasteiger partial charge < -0.3 is 4.90 Å². The highest BCUT2D eigenvalue weighted by Gasteiger charge is 2.28. The molecule has 0 saturated carbocycles. The van der Waals surface area contributed by atoms with E-state index in [1.54, 1.807) is 0 Å². The molecule has 0 unspecified atom stereocenters. The molecular weight excluding hydrogens is 464 g/mol. The molecule has 0 aliphatic carbocycles. The minimum atomic E-state index is -0.299. The van der Waals surface area contributed by atoms with E-state index in [2.05, 4.69) is 64.3 Å². The number of carbonyl (C=O) groups is 3. The third-order valence-electron chi connectivity index (χ3n) is 6.61. The summed E-state index contributed by atoms with van der Waals surface area (Å²) in [5, 5.41) is 0. The number of amides is 3. The second-order valence-corrected chi connectivity index (χ2v) is 9.25. The predicted octanol–water partition coefficient (Wildman–Crippen LogP) is 3.48. The Bertz CT molecular complexity index is 1110. The summed E-state index contributed by atoms with van der Waals surface area (Å²) in [6.07, 6.45) is 1.13. The highest BCUT2D eigenvalue weighted by atomic mass is 16.2. The first-order chi connectivity index (χ1) is 18.1. The first-order valence-electron chi connectivity index (χ1n) is 12.8. The van der Waals surface area contributed by atoms with Crippen molar-refractivity contribution in [2.24, 2.45) is 0 Å². The Morgan fingerprint density at radius 1 is 0.649 bits per heavy atom. The molecule has 2 N–H and O–H groups in total. The van der Waals surface area contributed by atoms with Gasteiger partial charge in [-0.2, -0.15) is 0 Å². The molecule has 0 bridgehead atoms. The summed E-state index contributed by atoms with van der Waals surface area (Å²) >= 11 is 0. The van der Waals surface area contributed by atoms with Gasteiger partial charge in [0, 0.05) is 39.0 Å². The highest BCUT2D eigenvalue weighted by Crippen LogP contribution is 2.29. The first-order valence-corrected chi connectivity index (χ1v) is 12.8. The van der Waals surface area contributed by atoms with Crippen molar-refractivity contribution in [1.82, 2.24) is 20.7 Å². The van der Waals surface area contributed by atoms with E-state index in [0.717, 1.165) is 18.7 Å². The molecule has 3 aromatic rings. The van der Waals surface area contributed by atoms with E-state index in [4.69, 9.17) is 0 Å². The predicted molar refractivity (Wildman–Crippen MR) is 143 cm³/mol. The molecule has 0 spiro atoms. The molecule has 1 saturated heterocycles. The van der Waals surface area contributed by atoms with Crippen LogP contribution in [-0.4, -0.2) is 53.7 Å². The molecule has 1 aliphatic rings. The summed E-state index contributed by atoms with van der Waals surface area (Å²) in [6.45, 7) is 2.90. The Kier molecular flexibility index (Phi) is 9.43. The molecule has 192 valence electrons. The summed E-state index contributed by atoms with van der Waals surface area (Å²) in [7, 11) is 0. The molecule has 37 heavy (non-hydrogen) atoms. The van der Waals surface area contributed by atoms with E-state index in [-0.39, 0.29) is 36.6 Å². The molecule has 3 amide bonds. The third kappa shape index (κ3) is 7.75. The van der Waals surface area contributed by atoms with Gasteiger partial charge in [-0.15, -0.1) is 0 Å². The van der Waals surface area contributed by atoms with Gasteiger partial charge in [0.1, 0.15) is 0 Å². The van der Waals surface area contributed by atoms with Crippen LogP contribution in [0.15, 0.2) is 91.0 Å². The van der Waals surface area contributed by atoms with Crippen LogP contribution in [-0.2, 0) is 20.8 Å². The standard InChI is InChI=1S/C30H34N4O3/c35-27(31-32-28(36)23-24-11-4-1-5-12-24)17-10-18-29(37)33-19-21-34(22-20-33)30(25-13-6-2-7-14-25)26-15-8-3-9-16-26/h1-9,11-16,30H,10,17-23H2,(H,31,35)(H,32,36). The average molecular weight is 499 g/mol. The fourth-order valence-electron chi connectivity index (χ4n) is 4.70. The van der Waals surface area contributed by atoms with Crippen LogP contribution in [0.5, 0.6) is 0 Å². The molecule has 0 aromatic heterocycles. The van der Waals surface area contributed by atoms with Gasteiger partial charge in [0.15, 0.2) is 0 Å². The van der Waals surface area contributed by atoms with Crippen LogP contribution >= 0.6 is 0 Å². The van der Waals surface area contributed by atoms with Gasteiger partial charge in [-0.05, 0) is 23.1 Å². The lowest BCUT2D eigenvalue weighted by Gasteiger charge is -2.40. The van der Waals surface area contributed by atoms with Crippen molar-refractivity contribution < 1.29 is 14.4 Å². The molecule has 1 heterocycles. The maximum Gasteiger partial charge on any atom is 0.242 e. The smallest absolute Gasteiger partial charge is 0.242 e. The summed E-state index contributed by atoms with van der Waals surface area (Å²) in [4.78, 5) is 41.2. The molecule has 1 fully saturated rings. The van der Waals surface area contributed by atoms with Crippen molar-refractivity contribution in [1.29, 1.82) is 0 Å². The van der Waals surface area contributed by atoms with Crippen molar-refractivity contribution >= 4 is 17.7 Å². The quantitative estimate of drug-likeness (QED) is 0.443. The SMILES string of the molecule is O=C(CCCC(=O)N1CCN(C(c2ccccc2)c2ccccc2)CC1)NNC(=O)Cc1ccccc1. The maximum absolute atomic E-state index is 12.8. The maximum atomic E-state index is 12.8. The van der Waals surface area contributed by atoms with Gasteiger partial charge in [-0.3, -0.25) is 30.1 Å². The molecule has 7 heteroatoms. The lowest BCUT2D eigenvalue weighted by Crippen LogP contribution is -2.49. The fourth-order valence-corrected chi connectivity index (χ4v) is 4.70. The molecule has 1 aliphatic heterocycles. The number of hydrogen-bond acceptors (Lipinski definition) is 4. The van der Waals surface area contributed by atoms with Crippen LogP contribution < -0.4 is 10.9 Å². The van der Waals surface area contributed by atoms with E-state index < -0.39 is 0 Å². The van der Waals surface area contributed by atoms with Gasteiger partial charge in [0.25, 0.3) is 0 Å². The van der Waals surface area contributed by atoms with Crippen LogP contribution in [0, 0.1) is 0 Å². The lowest BCUT2D eigenvalue weighted by molar-refractivity contribution is -0.133. The first kappa shape index (κ1) is 26.1. The second-order valence-electron chi connectivity index (χ2n) is 9.25. The Balaban J connectivity index is 1.19. The number of piperazine rings is 1. The zero-order valence-corrected chi connectivity index (χ0v) is 21.0. The zero-order valence-electron chi connectivity index (χ0n) is 21.0. The fraction of sp³-hybridized carbons (Fsp3) is 0.300. The average Bonchev–Trinajstić information content (AvgIpc) is 2.94. The number of nitrogens with zero attached hydrogens (tertiary/aromatic N) is 2. The van der Waals surface area contributed by atoms with Crippen molar-refractivity contribution in [2.75, 3.05) is 26.2 Å². The molecule has 0 radical (unpaired) electrons. The summed E-state index contributed by atoms with van der Waals surface area (Å²) < 4.78 is 0. The van der Waals surface area contributed by atoms with Crippen LogP contribution in [0.1, 0.15) is 42.0 Å². The minimum Gasteiger partial charge on any atom is -0.340 e. The van der Waals surface area contributed by atoms with Crippen molar-refractivity contribution in [3.05, 3.63) is 108 Å². The monoisotopic (exact) mass is 498 g/mol. The Morgan fingerprint density at radius 3 is 1.73 bits per heavy atom. The van der Waals surface area contributed by atoms with Crippen LogP contribution in [0.2, 0.25) is 0 Å². The number of hydrogen-bond donors (Lipinski definition) is 2. The van der Waals surface area contributed by atoms with E-state index >= 15 is 0 Å². The second kappa shape index (κ2) is 13.4. The molecule has 4 rings (SSSR count). The normalized spacial score (nSPS) is 13.8. The van der Waals surface area contributed by atoms with Crippen LogP contribution in [0.25, 0.3) is 0 Å². The number of nitrogens with one attached hydrogen (secondary N) is 2. The molecule has 3 aromatic carbocycles. The van der Waals surface area contributed by atoms with Crippen LogP contribution in [0.4, 0.5) is 0 Å². The third-order valence-corrected chi connectivity index (χ3v) is 6.61. The lowest BCUT2D eigenvalue weighted by atomic mass is 9.96. The van der Waals surface area contributed by atoms with Crippen LogP contribution in [0.3, 0.4) is 0 Å². The number of carbonyl (C=O) groups excluding carboxylic acids is 3. The van der Waals surface area contributed by atoms with E-state index in [9.17, 15) is 14.4 Å². The van der Waals surface area contributed by atoms with E-state index in [1.807, 2.05) is 47.4 Å². The Morgan fingerprint density at radius 2 is 1.16 bits per heavy atom.